The molecule has 8 nitrogen and oxygen atoms in total. The zero-order chi connectivity index (χ0) is 27.2. The van der Waals surface area contributed by atoms with Crippen LogP contribution in [-0.2, 0) is 11.3 Å². The van der Waals surface area contributed by atoms with E-state index < -0.39 is 0 Å². The number of benzene rings is 3. The van der Waals surface area contributed by atoms with Crippen LogP contribution in [0.1, 0.15) is 31.8 Å². The molecule has 0 aliphatic carbocycles. The lowest BCUT2D eigenvalue weighted by Crippen LogP contribution is -2.43. The molecule has 0 radical (unpaired) electrons. The van der Waals surface area contributed by atoms with Crippen molar-refractivity contribution < 1.29 is 14.3 Å². The van der Waals surface area contributed by atoms with E-state index in [0.717, 1.165) is 68.3 Å². The van der Waals surface area contributed by atoms with Gasteiger partial charge in [-0.2, -0.15) is 0 Å². The van der Waals surface area contributed by atoms with Crippen LogP contribution in [0.15, 0.2) is 66.7 Å². The minimum absolute atomic E-state index is 0.186. The van der Waals surface area contributed by atoms with Crippen LogP contribution in [0.5, 0.6) is 0 Å². The van der Waals surface area contributed by atoms with Gasteiger partial charge in [0.1, 0.15) is 0 Å². The molecule has 0 spiro atoms. The Labute approximate surface area is 230 Å². The monoisotopic (exact) mass is 527 g/mol. The van der Waals surface area contributed by atoms with Crippen molar-refractivity contribution in [2.45, 2.75) is 13.5 Å². The standard InChI is InChI=1S/C31H37N5O3/c1-23-9-10-26(30(37)32-27-7-4-8-28(21-27)36-15-17-39-18-16-36)20-29(23)33-31(38)25-6-3-5-24(19-25)22-35-13-11-34(2)12-14-35/h3-10,19-21H,11-18,22H2,1-2H3,(H,32,37)(H,33,38). The summed E-state index contributed by atoms with van der Waals surface area (Å²) in [7, 11) is 2.15. The fraction of sp³-hybridized carbons (Fsp3) is 0.355. The third-order valence-corrected chi connectivity index (χ3v) is 7.42. The quantitative estimate of drug-likeness (QED) is 0.482. The highest BCUT2D eigenvalue weighted by Gasteiger charge is 2.17. The van der Waals surface area contributed by atoms with Crippen LogP contribution in [0.3, 0.4) is 0 Å². The minimum atomic E-state index is -0.223. The molecular weight excluding hydrogens is 490 g/mol. The molecule has 2 amide bonds. The van der Waals surface area contributed by atoms with Gasteiger partial charge in [-0.15, -0.1) is 0 Å². The van der Waals surface area contributed by atoms with Gasteiger partial charge in [0.25, 0.3) is 11.8 Å². The number of rotatable bonds is 7. The van der Waals surface area contributed by atoms with Crippen molar-refractivity contribution in [2.75, 3.05) is 75.1 Å². The number of morpholine rings is 1. The summed E-state index contributed by atoms with van der Waals surface area (Å²) in [6.07, 6.45) is 0. The predicted molar refractivity (Wildman–Crippen MR) is 156 cm³/mol. The number of piperazine rings is 1. The Morgan fingerprint density at radius 2 is 1.51 bits per heavy atom. The van der Waals surface area contributed by atoms with E-state index in [1.807, 2.05) is 55.5 Å². The summed E-state index contributed by atoms with van der Waals surface area (Å²) in [5.74, 6) is -0.409. The third kappa shape index (κ3) is 7.03. The van der Waals surface area contributed by atoms with Crippen LogP contribution >= 0.6 is 0 Å². The molecule has 8 heteroatoms. The Morgan fingerprint density at radius 1 is 0.795 bits per heavy atom. The molecule has 0 aromatic heterocycles. The van der Waals surface area contributed by atoms with E-state index >= 15 is 0 Å². The second-order valence-electron chi connectivity index (χ2n) is 10.4. The van der Waals surface area contributed by atoms with E-state index in [-0.39, 0.29) is 11.8 Å². The molecule has 2 aliphatic heterocycles. The van der Waals surface area contributed by atoms with Gasteiger partial charge < -0.3 is 25.2 Å². The molecule has 0 unspecified atom stereocenters. The highest BCUT2D eigenvalue weighted by atomic mass is 16.5. The van der Waals surface area contributed by atoms with Crippen LogP contribution < -0.4 is 15.5 Å². The number of likely N-dealkylation sites (N-methyl/N-ethyl adjacent to an activating group) is 1. The van der Waals surface area contributed by atoms with Crippen molar-refractivity contribution in [3.05, 3.63) is 89.0 Å². The average Bonchev–Trinajstić information content (AvgIpc) is 2.96. The van der Waals surface area contributed by atoms with E-state index in [0.29, 0.717) is 30.0 Å². The molecule has 2 saturated heterocycles. The second-order valence-corrected chi connectivity index (χ2v) is 10.4. The summed E-state index contributed by atoms with van der Waals surface area (Å²) >= 11 is 0. The van der Waals surface area contributed by atoms with Crippen molar-refractivity contribution in [1.82, 2.24) is 9.80 Å². The molecule has 0 atom stereocenters. The Hall–Kier alpha value is -3.72. The second kappa shape index (κ2) is 12.4. The van der Waals surface area contributed by atoms with Crippen LogP contribution in [0.4, 0.5) is 17.1 Å². The lowest BCUT2D eigenvalue weighted by Gasteiger charge is -2.32. The number of ether oxygens (including phenoxy) is 1. The van der Waals surface area contributed by atoms with Gasteiger partial charge in [-0.05, 0) is 67.6 Å². The summed E-state index contributed by atoms with van der Waals surface area (Å²) in [5.41, 5.74) is 5.51. The summed E-state index contributed by atoms with van der Waals surface area (Å²) in [5, 5.41) is 6.02. The Bertz CT molecular complexity index is 1310. The minimum Gasteiger partial charge on any atom is -0.378 e. The predicted octanol–water partition coefficient (Wildman–Crippen LogP) is 4.08. The van der Waals surface area contributed by atoms with Crippen molar-refractivity contribution in [2.24, 2.45) is 0 Å². The topological polar surface area (TPSA) is 77.2 Å². The lowest BCUT2D eigenvalue weighted by molar-refractivity contribution is 0.101. The van der Waals surface area contributed by atoms with Crippen LogP contribution in [0.25, 0.3) is 0 Å². The number of carbonyl (C=O) groups excluding carboxylic acids is 2. The number of aryl methyl sites for hydroxylation is 1. The van der Waals surface area contributed by atoms with Crippen molar-refractivity contribution >= 4 is 28.9 Å². The highest BCUT2D eigenvalue weighted by molar-refractivity contribution is 6.08. The lowest BCUT2D eigenvalue weighted by atomic mass is 10.1. The van der Waals surface area contributed by atoms with Crippen molar-refractivity contribution in [1.29, 1.82) is 0 Å². The maximum Gasteiger partial charge on any atom is 0.255 e. The fourth-order valence-electron chi connectivity index (χ4n) is 4.97. The Kier molecular flexibility index (Phi) is 8.56. The van der Waals surface area contributed by atoms with E-state index in [4.69, 9.17) is 4.74 Å². The van der Waals surface area contributed by atoms with E-state index in [2.05, 4.69) is 38.4 Å². The van der Waals surface area contributed by atoms with Gasteiger partial charge in [0, 0.05) is 74.0 Å². The number of hydrogen-bond acceptors (Lipinski definition) is 6. The molecule has 2 aliphatic rings. The SMILES string of the molecule is Cc1ccc(C(=O)Nc2cccc(N3CCOCC3)c2)cc1NC(=O)c1cccc(CN2CCN(C)CC2)c1. The molecule has 2 heterocycles. The molecule has 2 N–H and O–H groups in total. The number of hydrogen-bond donors (Lipinski definition) is 2. The van der Waals surface area contributed by atoms with Gasteiger partial charge in [-0.3, -0.25) is 14.5 Å². The van der Waals surface area contributed by atoms with E-state index in [1.54, 1.807) is 12.1 Å². The fourth-order valence-corrected chi connectivity index (χ4v) is 4.97. The normalized spacial score (nSPS) is 16.6. The van der Waals surface area contributed by atoms with Crippen molar-refractivity contribution in [3.8, 4) is 0 Å². The highest BCUT2D eigenvalue weighted by Crippen LogP contribution is 2.23. The first-order chi connectivity index (χ1) is 18.9. The van der Waals surface area contributed by atoms with Crippen molar-refractivity contribution in [3.63, 3.8) is 0 Å². The average molecular weight is 528 g/mol. The zero-order valence-electron chi connectivity index (χ0n) is 22.8. The number of nitrogens with zero attached hydrogens (tertiary/aromatic N) is 3. The third-order valence-electron chi connectivity index (χ3n) is 7.42. The summed E-state index contributed by atoms with van der Waals surface area (Å²) in [6, 6.07) is 21.0. The Morgan fingerprint density at radius 3 is 2.31 bits per heavy atom. The molecule has 3 aromatic carbocycles. The number of anilines is 3. The van der Waals surface area contributed by atoms with Crippen LogP contribution in [-0.4, -0.2) is 81.1 Å². The number of carbonyl (C=O) groups is 2. The van der Waals surface area contributed by atoms with Gasteiger partial charge in [0.05, 0.1) is 13.2 Å². The Balaban J connectivity index is 1.24. The number of nitrogens with one attached hydrogen (secondary N) is 2. The summed E-state index contributed by atoms with van der Waals surface area (Å²) in [4.78, 5) is 33.3. The van der Waals surface area contributed by atoms with Gasteiger partial charge in [-0.25, -0.2) is 0 Å². The number of amides is 2. The van der Waals surface area contributed by atoms with Gasteiger partial charge in [0.2, 0.25) is 0 Å². The van der Waals surface area contributed by atoms with Crippen LogP contribution in [0, 0.1) is 6.92 Å². The largest absolute Gasteiger partial charge is 0.378 e. The molecule has 0 bridgehead atoms. The first-order valence-electron chi connectivity index (χ1n) is 13.6. The van der Waals surface area contributed by atoms with Crippen LogP contribution in [0.2, 0.25) is 0 Å². The van der Waals surface area contributed by atoms with Gasteiger partial charge >= 0.3 is 0 Å². The first-order valence-corrected chi connectivity index (χ1v) is 13.6. The maximum absolute atomic E-state index is 13.2. The molecule has 5 rings (SSSR count). The van der Waals surface area contributed by atoms with E-state index in [9.17, 15) is 9.59 Å². The molecule has 204 valence electrons. The summed E-state index contributed by atoms with van der Waals surface area (Å²) < 4.78 is 5.45. The maximum atomic E-state index is 13.2. The molecular formula is C31H37N5O3. The zero-order valence-corrected chi connectivity index (χ0v) is 22.8. The van der Waals surface area contributed by atoms with Gasteiger partial charge in [0.15, 0.2) is 0 Å². The van der Waals surface area contributed by atoms with Gasteiger partial charge in [-0.1, -0.05) is 24.3 Å². The summed E-state index contributed by atoms with van der Waals surface area (Å²) in [6.45, 7) is 9.99. The van der Waals surface area contributed by atoms with E-state index in [1.165, 1.54) is 0 Å². The molecule has 2 fully saturated rings. The molecule has 0 saturated carbocycles. The first kappa shape index (κ1) is 26.9. The molecule has 39 heavy (non-hydrogen) atoms. The smallest absolute Gasteiger partial charge is 0.255 e. The molecule has 3 aromatic rings.